The summed E-state index contributed by atoms with van der Waals surface area (Å²) < 4.78 is 3.23. The molecule has 0 saturated heterocycles. The van der Waals surface area contributed by atoms with Gasteiger partial charge in [0.2, 0.25) is 5.91 Å². The number of fused-ring (bicyclic) bond motifs is 1. The Balaban J connectivity index is 1.89. The minimum atomic E-state index is -0.167. The average molecular weight is 376 g/mol. The molecule has 3 aromatic rings. The van der Waals surface area contributed by atoms with Crippen molar-refractivity contribution in [2.24, 2.45) is 0 Å². The van der Waals surface area contributed by atoms with E-state index in [0.29, 0.717) is 18.7 Å². The normalized spacial score (nSPS) is 11.0. The topological polar surface area (TPSA) is 71.0 Å². The molecule has 0 N–H and O–H groups in total. The van der Waals surface area contributed by atoms with Gasteiger partial charge in [-0.2, -0.15) is 5.26 Å². The number of imidazole rings is 1. The molecule has 0 aliphatic rings. The fraction of sp³-hybridized carbons (Fsp3) is 0.318. The van der Waals surface area contributed by atoms with Gasteiger partial charge in [0, 0.05) is 19.1 Å². The van der Waals surface area contributed by atoms with Gasteiger partial charge in [0.15, 0.2) is 0 Å². The SMILES string of the molecule is CCn1c(=O)n(CC(=O)N(Cc2ccc(C#N)cc2)C(C)C)c2ccccc21. The number of amides is 1. The van der Waals surface area contributed by atoms with Crippen molar-refractivity contribution < 1.29 is 4.79 Å². The van der Waals surface area contributed by atoms with E-state index in [1.165, 1.54) is 0 Å². The third kappa shape index (κ3) is 3.70. The Labute approximate surface area is 164 Å². The predicted molar refractivity (Wildman–Crippen MR) is 109 cm³/mol. The lowest BCUT2D eigenvalue weighted by Gasteiger charge is -2.27. The van der Waals surface area contributed by atoms with Crippen LogP contribution in [0.1, 0.15) is 31.9 Å². The smallest absolute Gasteiger partial charge is 0.329 e. The Morgan fingerprint density at radius 2 is 1.68 bits per heavy atom. The summed E-state index contributed by atoms with van der Waals surface area (Å²) in [4.78, 5) is 27.6. The monoisotopic (exact) mass is 376 g/mol. The van der Waals surface area contributed by atoms with Crippen LogP contribution in [-0.4, -0.2) is 26.0 Å². The molecular weight excluding hydrogens is 352 g/mol. The first-order valence-corrected chi connectivity index (χ1v) is 9.42. The van der Waals surface area contributed by atoms with Gasteiger partial charge in [0.25, 0.3) is 0 Å². The van der Waals surface area contributed by atoms with Crippen LogP contribution in [0.4, 0.5) is 0 Å². The first-order chi connectivity index (χ1) is 13.5. The molecule has 2 aromatic carbocycles. The molecule has 1 aromatic heterocycles. The van der Waals surface area contributed by atoms with E-state index in [9.17, 15) is 9.59 Å². The number of carbonyl (C=O) groups is 1. The minimum Gasteiger partial charge on any atom is -0.334 e. The summed E-state index contributed by atoms with van der Waals surface area (Å²) in [5, 5.41) is 8.94. The number of aryl methyl sites for hydroxylation is 1. The van der Waals surface area contributed by atoms with Gasteiger partial charge in [-0.3, -0.25) is 13.9 Å². The van der Waals surface area contributed by atoms with Crippen LogP contribution in [0.2, 0.25) is 0 Å². The zero-order valence-electron chi connectivity index (χ0n) is 16.4. The van der Waals surface area contributed by atoms with E-state index in [1.54, 1.807) is 26.2 Å². The van der Waals surface area contributed by atoms with Crippen molar-refractivity contribution in [1.29, 1.82) is 5.26 Å². The Bertz CT molecular complexity index is 1080. The number of hydrogen-bond acceptors (Lipinski definition) is 3. The summed E-state index contributed by atoms with van der Waals surface area (Å²) >= 11 is 0. The summed E-state index contributed by atoms with van der Waals surface area (Å²) in [5.41, 5.74) is 2.98. The van der Waals surface area contributed by atoms with E-state index in [4.69, 9.17) is 5.26 Å². The maximum atomic E-state index is 13.1. The molecule has 3 rings (SSSR count). The van der Waals surface area contributed by atoms with E-state index in [0.717, 1.165) is 16.6 Å². The molecule has 6 nitrogen and oxygen atoms in total. The lowest BCUT2D eigenvalue weighted by atomic mass is 10.1. The molecule has 0 radical (unpaired) electrons. The molecular formula is C22H24N4O2. The van der Waals surface area contributed by atoms with Gasteiger partial charge in [-0.05, 0) is 50.6 Å². The second-order valence-electron chi connectivity index (χ2n) is 7.03. The molecule has 0 bridgehead atoms. The fourth-order valence-electron chi connectivity index (χ4n) is 3.40. The molecule has 0 aliphatic heterocycles. The third-order valence-electron chi connectivity index (χ3n) is 4.91. The van der Waals surface area contributed by atoms with E-state index in [1.807, 2.05) is 57.2 Å². The van der Waals surface area contributed by atoms with Gasteiger partial charge in [-0.25, -0.2) is 4.79 Å². The largest absolute Gasteiger partial charge is 0.334 e. The van der Waals surface area contributed by atoms with E-state index in [2.05, 4.69) is 6.07 Å². The molecule has 144 valence electrons. The number of nitrogens with zero attached hydrogens (tertiary/aromatic N) is 4. The van der Waals surface area contributed by atoms with Crippen LogP contribution >= 0.6 is 0 Å². The number of carbonyl (C=O) groups excluding carboxylic acids is 1. The van der Waals surface area contributed by atoms with Gasteiger partial charge in [-0.1, -0.05) is 24.3 Å². The van der Waals surface area contributed by atoms with E-state index < -0.39 is 0 Å². The summed E-state index contributed by atoms with van der Waals surface area (Å²) in [7, 11) is 0. The maximum absolute atomic E-state index is 13.1. The summed E-state index contributed by atoms with van der Waals surface area (Å²) in [6.07, 6.45) is 0. The van der Waals surface area contributed by atoms with Crippen LogP contribution in [0.3, 0.4) is 0 Å². The molecule has 0 atom stereocenters. The molecule has 0 saturated carbocycles. The zero-order valence-corrected chi connectivity index (χ0v) is 16.4. The van der Waals surface area contributed by atoms with Gasteiger partial charge in [0.1, 0.15) is 6.54 Å². The number of hydrogen-bond donors (Lipinski definition) is 0. The molecule has 1 amide bonds. The average Bonchev–Trinajstić information content (AvgIpc) is 2.97. The summed E-state index contributed by atoms with van der Waals surface area (Å²) in [6, 6.07) is 16.8. The standard InChI is InChI=1S/C22H24N4O2/c1-4-24-19-7-5-6-8-20(19)26(22(24)28)15-21(27)25(16(2)3)14-18-11-9-17(13-23)10-12-18/h5-12,16H,4,14-15H2,1-3H3. The highest BCUT2D eigenvalue weighted by Gasteiger charge is 2.21. The Hall–Kier alpha value is -3.33. The molecule has 0 fully saturated rings. The van der Waals surface area contributed by atoms with E-state index >= 15 is 0 Å². The van der Waals surface area contributed by atoms with Crippen molar-refractivity contribution in [3.63, 3.8) is 0 Å². The van der Waals surface area contributed by atoms with Gasteiger partial charge >= 0.3 is 5.69 Å². The highest BCUT2D eigenvalue weighted by Crippen LogP contribution is 2.15. The van der Waals surface area contributed by atoms with Crippen molar-refractivity contribution in [2.75, 3.05) is 0 Å². The first-order valence-electron chi connectivity index (χ1n) is 9.42. The molecule has 28 heavy (non-hydrogen) atoms. The maximum Gasteiger partial charge on any atom is 0.329 e. The van der Waals surface area contributed by atoms with Gasteiger partial charge in [-0.15, -0.1) is 0 Å². The Kier molecular flexibility index (Phi) is 5.65. The van der Waals surface area contributed by atoms with Crippen molar-refractivity contribution in [2.45, 2.75) is 46.4 Å². The van der Waals surface area contributed by atoms with Crippen molar-refractivity contribution >= 4 is 16.9 Å². The Morgan fingerprint density at radius 3 is 2.21 bits per heavy atom. The van der Waals surface area contributed by atoms with Gasteiger partial charge in [0.05, 0.1) is 22.7 Å². The summed E-state index contributed by atoms with van der Waals surface area (Å²) in [6.45, 7) is 6.83. The second kappa shape index (κ2) is 8.13. The second-order valence-corrected chi connectivity index (χ2v) is 7.03. The van der Waals surface area contributed by atoms with Crippen molar-refractivity contribution in [3.05, 3.63) is 70.1 Å². The van der Waals surface area contributed by atoms with E-state index in [-0.39, 0.29) is 24.2 Å². The quantitative estimate of drug-likeness (QED) is 0.664. The number of aromatic nitrogens is 2. The van der Waals surface area contributed by atoms with Crippen LogP contribution in [-0.2, 0) is 24.4 Å². The Morgan fingerprint density at radius 1 is 1.07 bits per heavy atom. The predicted octanol–water partition coefficient (Wildman–Crippen LogP) is 3.13. The summed E-state index contributed by atoms with van der Waals surface area (Å²) in [5.74, 6) is -0.111. The van der Waals surface area contributed by atoms with Crippen LogP contribution in [0.5, 0.6) is 0 Å². The van der Waals surface area contributed by atoms with Gasteiger partial charge < -0.3 is 4.90 Å². The fourth-order valence-corrected chi connectivity index (χ4v) is 3.40. The molecule has 0 spiro atoms. The minimum absolute atomic E-state index is 0.000799. The third-order valence-corrected chi connectivity index (χ3v) is 4.91. The van der Waals surface area contributed by atoms with Crippen LogP contribution in [0, 0.1) is 11.3 Å². The van der Waals surface area contributed by atoms with Crippen molar-refractivity contribution in [1.82, 2.24) is 14.0 Å². The number of nitriles is 1. The highest BCUT2D eigenvalue weighted by atomic mass is 16.2. The lowest BCUT2D eigenvalue weighted by Crippen LogP contribution is -2.40. The molecule has 0 unspecified atom stereocenters. The zero-order chi connectivity index (χ0) is 20.3. The number of rotatable bonds is 6. The molecule has 6 heteroatoms. The highest BCUT2D eigenvalue weighted by molar-refractivity contribution is 5.81. The lowest BCUT2D eigenvalue weighted by molar-refractivity contribution is -0.134. The van der Waals surface area contributed by atoms with Crippen LogP contribution in [0.15, 0.2) is 53.3 Å². The molecule has 1 heterocycles. The number of para-hydroxylation sites is 2. The first kappa shape index (κ1) is 19.4. The number of benzene rings is 2. The van der Waals surface area contributed by atoms with Crippen LogP contribution < -0.4 is 5.69 Å². The van der Waals surface area contributed by atoms with Crippen molar-refractivity contribution in [3.8, 4) is 6.07 Å². The molecule has 0 aliphatic carbocycles. The van der Waals surface area contributed by atoms with Crippen LogP contribution in [0.25, 0.3) is 11.0 Å².